The lowest BCUT2D eigenvalue weighted by atomic mass is 9.33. The molecule has 266 valence electrons. The molecule has 47 heavy (non-hydrogen) atoms. The zero-order chi connectivity index (χ0) is 34.7. The van der Waals surface area contributed by atoms with Crippen LogP contribution in [0, 0.1) is 50.7 Å². The van der Waals surface area contributed by atoms with E-state index in [1.165, 1.54) is 0 Å². The SMILES string of the molecule is C[C@@H]1CC[C@]2(C(=O)O[C@@H]3O[C@H](CO)[C@@H](O)[C@H](O)[C@H]3O)CC[C@]3(C)C(=CC[C@@H]4[C@]5(C)C[C@@H](O)[C@@H](O)[C@@](C)(C=O)[C@@H]5CC[C@]43C)[C@@H]2[C@]1(C)O. The van der Waals surface area contributed by atoms with Crippen LogP contribution in [0.15, 0.2) is 11.6 Å². The third kappa shape index (κ3) is 4.52. The van der Waals surface area contributed by atoms with Gasteiger partial charge < -0.3 is 50.0 Å². The van der Waals surface area contributed by atoms with Crippen LogP contribution in [-0.4, -0.2) is 103 Å². The zero-order valence-electron chi connectivity index (χ0n) is 28.6. The molecule has 11 nitrogen and oxygen atoms in total. The van der Waals surface area contributed by atoms with Crippen molar-refractivity contribution in [3.63, 3.8) is 0 Å². The fraction of sp³-hybridized carbons (Fsp3) is 0.889. The number of carbonyl (C=O) groups excluding carboxylic acids is 2. The molecule has 4 saturated carbocycles. The molecule has 0 amide bonds. The van der Waals surface area contributed by atoms with E-state index >= 15 is 0 Å². The summed E-state index contributed by atoms with van der Waals surface area (Å²) in [4.78, 5) is 27.0. The van der Waals surface area contributed by atoms with Gasteiger partial charge in [0.15, 0.2) is 0 Å². The van der Waals surface area contributed by atoms with Gasteiger partial charge in [-0.05, 0) is 92.3 Å². The second kappa shape index (κ2) is 11.3. The molecule has 0 aromatic heterocycles. The predicted molar refractivity (Wildman–Crippen MR) is 168 cm³/mol. The number of ether oxygens (including phenoxy) is 2. The number of aldehydes is 1. The van der Waals surface area contributed by atoms with Gasteiger partial charge in [-0.2, -0.15) is 0 Å². The lowest BCUT2D eigenvalue weighted by Gasteiger charge is -2.71. The maximum Gasteiger partial charge on any atom is 0.315 e. The minimum atomic E-state index is -1.73. The Morgan fingerprint density at radius 1 is 0.957 bits per heavy atom. The van der Waals surface area contributed by atoms with Crippen LogP contribution in [0.2, 0.25) is 0 Å². The Morgan fingerprint density at radius 2 is 1.64 bits per heavy atom. The van der Waals surface area contributed by atoms with Gasteiger partial charge in [-0.3, -0.25) is 4.79 Å². The Hall–Kier alpha value is -1.44. The van der Waals surface area contributed by atoms with Crippen molar-refractivity contribution >= 4 is 12.3 Å². The molecule has 5 aliphatic carbocycles. The molecule has 0 bridgehead atoms. The number of fused-ring (bicyclic) bond motifs is 7. The van der Waals surface area contributed by atoms with E-state index in [0.29, 0.717) is 44.9 Å². The zero-order valence-corrected chi connectivity index (χ0v) is 28.6. The number of hydrogen-bond acceptors (Lipinski definition) is 11. The average Bonchev–Trinajstić information content (AvgIpc) is 3.02. The van der Waals surface area contributed by atoms with Crippen LogP contribution in [0.25, 0.3) is 0 Å². The number of rotatable bonds is 4. The molecule has 0 aromatic rings. The fourth-order valence-corrected chi connectivity index (χ4v) is 12.2. The summed E-state index contributed by atoms with van der Waals surface area (Å²) in [5.74, 6) is -1.43. The summed E-state index contributed by atoms with van der Waals surface area (Å²) in [5.41, 5.74) is -3.68. The van der Waals surface area contributed by atoms with Crippen molar-refractivity contribution in [1.82, 2.24) is 0 Å². The molecule has 1 aliphatic heterocycles. The Labute approximate surface area is 277 Å². The van der Waals surface area contributed by atoms with Crippen molar-refractivity contribution in [3.8, 4) is 0 Å². The molecular formula is C36H56O11. The quantitative estimate of drug-likeness (QED) is 0.131. The van der Waals surface area contributed by atoms with Gasteiger partial charge in [0.1, 0.15) is 30.7 Å². The number of esters is 1. The first kappa shape index (κ1) is 35.4. The third-order valence-electron chi connectivity index (χ3n) is 15.5. The summed E-state index contributed by atoms with van der Waals surface area (Å²) >= 11 is 0. The molecule has 6 aliphatic rings. The van der Waals surface area contributed by atoms with E-state index < -0.39 is 88.7 Å². The normalized spacial score (nSPS) is 57.4. The van der Waals surface area contributed by atoms with Crippen molar-refractivity contribution in [1.29, 1.82) is 0 Å². The number of aliphatic hydroxyl groups excluding tert-OH is 6. The molecule has 0 spiro atoms. The van der Waals surface area contributed by atoms with Gasteiger partial charge in [0, 0.05) is 5.92 Å². The molecule has 0 unspecified atom stereocenters. The van der Waals surface area contributed by atoms with E-state index in [1.54, 1.807) is 13.8 Å². The summed E-state index contributed by atoms with van der Waals surface area (Å²) in [6.45, 7) is 11.6. The number of hydrogen-bond donors (Lipinski definition) is 7. The summed E-state index contributed by atoms with van der Waals surface area (Å²) in [6.07, 6.45) is -2.41. The second-order valence-corrected chi connectivity index (χ2v) is 17.4. The van der Waals surface area contributed by atoms with Crippen molar-refractivity contribution in [3.05, 3.63) is 11.6 Å². The van der Waals surface area contributed by atoms with Crippen LogP contribution < -0.4 is 0 Å². The molecule has 7 N–H and O–H groups in total. The van der Waals surface area contributed by atoms with E-state index in [-0.39, 0.29) is 23.2 Å². The maximum atomic E-state index is 14.5. The van der Waals surface area contributed by atoms with Crippen LogP contribution >= 0.6 is 0 Å². The highest BCUT2D eigenvalue weighted by molar-refractivity contribution is 5.79. The van der Waals surface area contributed by atoms with E-state index in [4.69, 9.17) is 9.47 Å². The van der Waals surface area contributed by atoms with E-state index in [0.717, 1.165) is 18.3 Å². The maximum absolute atomic E-state index is 14.5. The second-order valence-electron chi connectivity index (χ2n) is 17.4. The van der Waals surface area contributed by atoms with Crippen molar-refractivity contribution in [2.24, 2.45) is 50.7 Å². The predicted octanol–water partition coefficient (Wildman–Crippen LogP) is 1.61. The molecule has 0 aromatic carbocycles. The standard InChI is InChI=1S/C36H56O11/c1-18-9-12-36(30(44)47-29-26(42)25(41)24(40)21(16-37)46-29)14-13-33(4)19(27(36)35(18,6)45)7-8-23-31(2)15-20(39)28(43)32(3,17-38)22(31)10-11-34(23,33)5/h7,17-18,20-29,37,39-43,45H,8-16H2,1-6H3/t18-,20-,21-,22-,23-,24-,25+,26-,27-,28-,29+,31-,32+,33-,34-,35-,36+/m1/s1. The van der Waals surface area contributed by atoms with Gasteiger partial charge in [0.2, 0.25) is 6.29 Å². The number of aliphatic hydroxyl groups is 7. The molecular weight excluding hydrogens is 608 g/mol. The fourth-order valence-electron chi connectivity index (χ4n) is 12.2. The van der Waals surface area contributed by atoms with Gasteiger partial charge >= 0.3 is 5.97 Å². The smallest absolute Gasteiger partial charge is 0.315 e. The molecule has 0 radical (unpaired) electrons. The largest absolute Gasteiger partial charge is 0.432 e. The van der Waals surface area contributed by atoms with Crippen molar-refractivity contribution < 1.29 is 54.8 Å². The van der Waals surface area contributed by atoms with Crippen molar-refractivity contribution in [2.75, 3.05) is 6.61 Å². The molecule has 17 atom stereocenters. The Bertz CT molecular complexity index is 1300. The van der Waals surface area contributed by atoms with Crippen LogP contribution in [0.3, 0.4) is 0 Å². The topological polar surface area (TPSA) is 194 Å². The summed E-state index contributed by atoms with van der Waals surface area (Å²) in [6, 6.07) is 0. The van der Waals surface area contributed by atoms with Gasteiger partial charge in [-0.1, -0.05) is 46.3 Å². The molecule has 1 saturated heterocycles. The first-order valence-electron chi connectivity index (χ1n) is 17.6. The van der Waals surface area contributed by atoms with Gasteiger partial charge in [0.05, 0.1) is 35.2 Å². The summed E-state index contributed by atoms with van der Waals surface area (Å²) in [7, 11) is 0. The summed E-state index contributed by atoms with van der Waals surface area (Å²) < 4.78 is 11.4. The monoisotopic (exact) mass is 664 g/mol. The Kier molecular flexibility index (Phi) is 8.50. The number of allylic oxidation sites excluding steroid dienone is 1. The van der Waals surface area contributed by atoms with Gasteiger partial charge in [0.25, 0.3) is 0 Å². The lowest BCUT2D eigenvalue weighted by molar-refractivity contribution is -0.299. The Morgan fingerprint density at radius 3 is 2.28 bits per heavy atom. The highest BCUT2D eigenvalue weighted by Gasteiger charge is 2.72. The Balaban J connectivity index is 1.40. The van der Waals surface area contributed by atoms with E-state index in [1.807, 2.05) is 6.92 Å². The first-order chi connectivity index (χ1) is 21.8. The van der Waals surface area contributed by atoms with Crippen LogP contribution in [0.1, 0.15) is 92.9 Å². The third-order valence-corrected chi connectivity index (χ3v) is 15.5. The van der Waals surface area contributed by atoms with E-state index in [2.05, 4.69) is 26.8 Å². The van der Waals surface area contributed by atoms with Crippen LogP contribution in [-0.2, 0) is 19.1 Å². The number of carbonyl (C=O) groups is 2. The molecule has 11 heteroatoms. The molecule has 5 fully saturated rings. The van der Waals surface area contributed by atoms with Crippen LogP contribution in [0.5, 0.6) is 0 Å². The molecule has 1 heterocycles. The highest BCUT2D eigenvalue weighted by atomic mass is 16.7. The van der Waals surface area contributed by atoms with Gasteiger partial charge in [-0.25, -0.2) is 0 Å². The minimum absolute atomic E-state index is 0.0726. The average molecular weight is 665 g/mol. The highest BCUT2D eigenvalue weighted by Crippen LogP contribution is 2.76. The van der Waals surface area contributed by atoms with Gasteiger partial charge in [-0.15, -0.1) is 0 Å². The lowest BCUT2D eigenvalue weighted by Crippen LogP contribution is -2.69. The molecule has 6 rings (SSSR count). The first-order valence-corrected chi connectivity index (χ1v) is 17.6. The van der Waals surface area contributed by atoms with E-state index in [9.17, 15) is 45.3 Å². The van der Waals surface area contributed by atoms with Crippen LogP contribution in [0.4, 0.5) is 0 Å². The summed E-state index contributed by atoms with van der Waals surface area (Å²) in [5, 5.41) is 75.5. The van der Waals surface area contributed by atoms with Crippen molar-refractivity contribution in [2.45, 2.75) is 141 Å². The minimum Gasteiger partial charge on any atom is -0.432 e.